The van der Waals surface area contributed by atoms with Gasteiger partial charge >= 0.3 is 0 Å². The molecule has 0 aromatic carbocycles. The number of amides is 1. The normalized spacial score (nSPS) is 38.3. The van der Waals surface area contributed by atoms with Gasteiger partial charge in [0.05, 0.1) is 11.5 Å². The second kappa shape index (κ2) is 4.49. The lowest BCUT2D eigenvalue weighted by Crippen LogP contribution is -2.41. The average Bonchev–Trinajstić information content (AvgIpc) is 2.95. The van der Waals surface area contributed by atoms with Gasteiger partial charge in [-0.3, -0.25) is 4.79 Å². The van der Waals surface area contributed by atoms with Gasteiger partial charge in [0.25, 0.3) is 0 Å². The summed E-state index contributed by atoms with van der Waals surface area (Å²) in [6, 6.07) is 0.596. The number of sulfone groups is 1. The molecular weight excluding hydrogens is 252 g/mol. The Kier molecular flexibility index (Phi) is 3.10. The fraction of sp³-hybridized carbons (Fsp3) is 0.917. The van der Waals surface area contributed by atoms with E-state index in [-0.39, 0.29) is 17.9 Å². The van der Waals surface area contributed by atoms with E-state index in [0.29, 0.717) is 24.0 Å². The molecule has 6 heteroatoms. The van der Waals surface area contributed by atoms with Gasteiger partial charge in [0, 0.05) is 25.0 Å². The number of carbonyl (C=O) groups excluding carboxylic acids is 1. The number of nitrogens with one attached hydrogen (secondary N) is 1. The molecule has 0 aromatic heterocycles. The van der Waals surface area contributed by atoms with E-state index >= 15 is 0 Å². The molecule has 0 aliphatic carbocycles. The summed E-state index contributed by atoms with van der Waals surface area (Å²) >= 11 is 0. The highest BCUT2D eigenvalue weighted by Gasteiger charge is 2.42. The summed E-state index contributed by atoms with van der Waals surface area (Å²) in [6.07, 6.45) is 3.55. The molecule has 3 saturated heterocycles. The summed E-state index contributed by atoms with van der Waals surface area (Å²) in [5.74, 6) is 1.14. The minimum atomic E-state index is -2.79. The van der Waals surface area contributed by atoms with Gasteiger partial charge in [-0.15, -0.1) is 0 Å². The van der Waals surface area contributed by atoms with Gasteiger partial charge in [0.15, 0.2) is 9.84 Å². The van der Waals surface area contributed by atoms with Crippen molar-refractivity contribution in [1.82, 2.24) is 10.2 Å². The summed E-state index contributed by atoms with van der Waals surface area (Å²) in [6.45, 7) is 1.64. The second-order valence-corrected chi connectivity index (χ2v) is 8.01. The summed E-state index contributed by atoms with van der Waals surface area (Å²) < 4.78 is 22.8. The number of rotatable bonds is 3. The molecule has 1 N–H and O–H groups in total. The Labute approximate surface area is 108 Å². The minimum Gasteiger partial charge on any atom is -0.338 e. The molecule has 0 spiro atoms. The Hall–Kier alpha value is -0.620. The Morgan fingerprint density at radius 3 is 2.89 bits per heavy atom. The molecule has 18 heavy (non-hydrogen) atoms. The van der Waals surface area contributed by atoms with Crippen LogP contribution in [0.1, 0.15) is 25.7 Å². The molecule has 0 radical (unpaired) electrons. The third-order valence-corrected chi connectivity index (χ3v) is 6.31. The number of carbonyl (C=O) groups is 1. The fourth-order valence-electron chi connectivity index (χ4n) is 3.52. The first-order valence-corrected chi connectivity index (χ1v) is 8.60. The van der Waals surface area contributed by atoms with Crippen LogP contribution in [-0.4, -0.2) is 55.9 Å². The van der Waals surface area contributed by atoms with Crippen LogP contribution in [0.4, 0.5) is 0 Å². The summed E-state index contributed by atoms with van der Waals surface area (Å²) in [7, 11) is -2.79. The van der Waals surface area contributed by atoms with Crippen LogP contribution in [0.5, 0.6) is 0 Å². The average molecular weight is 272 g/mol. The van der Waals surface area contributed by atoms with Crippen molar-refractivity contribution in [2.45, 2.75) is 37.8 Å². The quantitative estimate of drug-likeness (QED) is 0.771. The lowest BCUT2D eigenvalue weighted by atomic mass is 10.0. The zero-order valence-corrected chi connectivity index (χ0v) is 11.3. The molecule has 0 saturated carbocycles. The van der Waals surface area contributed by atoms with Crippen molar-refractivity contribution in [2.24, 2.45) is 5.92 Å². The van der Waals surface area contributed by atoms with E-state index in [9.17, 15) is 13.2 Å². The number of hydrogen-bond donors (Lipinski definition) is 1. The van der Waals surface area contributed by atoms with Gasteiger partial charge in [-0.2, -0.15) is 0 Å². The van der Waals surface area contributed by atoms with Crippen molar-refractivity contribution < 1.29 is 13.2 Å². The largest absolute Gasteiger partial charge is 0.338 e. The molecule has 3 aliphatic heterocycles. The van der Waals surface area contributed by atoms with Crippen molar-refractivity contribution in [3.8, 4) is 0 Å². The first-order chi connectivity index (χ1) is 8.55. The van der Waals surface area contributed by atoms with E-state index in [1.165, 1.54) is 0 Å². The highest BCUT2D eigenvalue weighted by molar-refractivity contribution is 7.91. The standard InChI is InChI=1S/C12H20N2O3S/c15-12-6-10(11-2-1-4-14(11)12)13-7-9-3-5-18(16,17)8-9/h9-11,13H,1-8H2. The highest BCUT2D eigenvalue weighted by Crippen LogP contribution is 2.29. The van der Waals surface area contributed by atoms with Crippen LogP contribution in [0.15, 0.2) is 0 Å². The van der Waals surface area contributed by atoms with Crippen molar-refractivity contribution in [3.05, 3.63) is 0 Å². The molecule has 3 atom stereocenters. The van der Waals surface area contributed by atoms with Crippen molar-refractivity contribution in [2.75, 3.05) is 24.6 Å². The number of fused-ring (bicyclic) bond motifs is 1. The third-order valence-electron chi connectivity index (χ3n) is 4.47. The molecule has 5 nitrogen and oxygen atoms in total. The van der Waals surface area contributed by atoms with Gasteiger partial charge in [-0.25, -0.2) is 8.42 Å². The van der Waals surface area contributed by atoms with Gasteiger partial charge in [0.2, 0.25) is 5.91 Å². The molecule has 102 valence electrons. The molecule has 3 unspecified atom stereocenters. The van der Waals surface area contributed by atoms with Gasteiger partial charge < -0.3 is 10.2 Å². The Bertz CT molecular complexity index is 448. The molecule has 3 rings (SSSR count). The summed E-state index contributed by atoms with van der Waals surface area (Å²) in [5.41, 5.74) is 0. The molecule has 0 bridgehead atoms. The van der Waals surface area contributed by atoms with Crippen LogP contribution in [-0.2, 0) is 14.6 Å². The van der Waals surface area contributed by atoms with E-state index in [2.05, 4.69) is 5.32 Å². The molecular formula is C12H20N2O3S. The first-order valence-electron chi connectivity index (χ1n) is 6.78. The lowest BCUT2D eigenvalue weighted by molar-refractivity contribution is -0.127. The topological polar surface area (TPSA) is 66.5 Å². The van der Waals surface area contributed by atoms with Crippen molar-refractivity contribution in [3.63, 3.8) is 0 Å². The predicted octanol–water partition coefficient (Wildman–Crippen LogP) is -0.226. The lowest BCUT2D eigenvalue weighted by Gasteiger charge is -2.22. The third kappa shape index (κ3) is 2.28. The van der Waals surface area contributed by atoms with Gasteiger partial charge in [-0.05, 0) is 31.7 Å². The van der Waals surface area contributed by atoms with Crippen LogP contribution < -0.4 is 5.32 Å². The maximum absolute atomic E-state index is 11.8. The van der Waals surface area contributed by atoms with E-state index in [4.69, 9.17) is 0 Å². The molecule has 1 amide bonds. The van der Waals surface area contributed by atoms with E-state index in [1.807, 2.05) is 4.90 Å². The highest BCUT2D eigenvalue weighted by atomic mass is 32.2. The van der Waals surface area contributed by atoms with Crippen LogP contribution >= 0.6 is 0 Å². The number of hydrogen-bond acceptors (Lipinski definition) is 4. The van der Waals surface area contributed by atoms with Crippen molar-refractivity contribution >= 4 is 15.7 Å². The Morgan fingerprint density at radius 2 is 2.17 bits per heavy atom. The van der Waals surface area contributed by atoms with E-state index in [1.54, 1.807) is 0 Å². The van der Waals surface area contributed by atoms with Crippen LogP contribution in [0, 0.1) is 5.92 Å². The summed E-state index contributed by atoms with van der Waals surface area (Å²) in [5, 5.41) is 3.44. The molecule has 0 aromatic rings. The first kappa shape index (κ1) is 12.4. The Morgan fingerprint density at radius 1 is 1.33 bits per heavy atom. The number of nitrogens with zero attached hydrogens (tertiary/aromatic N) is 1. The van der Waals surface area contributed by atoms with Crippen molar-refractivity contribution in [1.29, 1.82) is 0 Å². The zero-order valence-electron chi connectivity index (χ0n) is 10.5. The predicted molar refractivity (Wildman–Crippen MR) is 67.9 cm³/mol. The maximum Gasteiger partial charge on any atom is 0.224 e. The second-order valence-electron chi connectivity index (χ2n) is 5.78. The fourth-order valence-corrected chi connectivity index (χ4v) is 5.38. The molecule has 3 fully saturated rings. The summed E-state index contributed by atoms with van der Waals surface area (Å²) in [4.78, 5) is 13.7. The van der Waals surface area contributed by atoms with Crippen LogP contribution in [0.2, 0.25) is 0 Å². The smallest absolute Gasteiger partial charge is 0.224 e. The van der Waals surface area contributed by atoms with Crippen LogP contribution in [0.3, 0.4) is 0 Å². The molecule has 3 heterocycles. The van der Waals surface area contributed by atoms with Crippen LogP contribution in [0.25, 0.3) is 0 Å². The van der Waals surface area contributed by atoms with Gasteiger partial charge in [0.1, 0.15) is 0 Å². The van der Waals surface area contributed by atoms with Gasteiger partial charge in [-0.1, -0.05) is 0 Å². The zero-order chi connectivity index (χ0) is 12.8. The van der Waals surface area contributed by atoms with E-state index in [0.717, 1.165) is 32.4 Å². The Balaban J connectivity index is 1.54. The van der Waals surface area contributed by atoms with E-state index < -0.39 is 9.84 Å². The maximum atomic E-state index is 11.8. The molecule has 3 aliphatic rings. The minimum absolute atomic E-state index is 0.237. The SMILES string of the molecule is O=C1CC(NCC2CCS(=O)(=O)C2)C2CCCN12. The monoisotopic (exact) mass is 272 g/mol.